The van der Waals surface area contributed by atoms with Crippen LogP contribution in [0.1, 0.15) is 18.3 Å². The number of hydrogen-bond donors (Lipinski definition) is 1. The molecule has 3 aromatic rings. The van der Waals surface area contributed by atoms with Crippen LogP contribution in [0.25, 0.3) is 11.5 Å². The van der Waals surface area contributed by atoms with Gasteiger partial charge in [0, 0.05) is 11.3 Å². The van der Waals surface area contributed by atoms with Gasteiger partial charge in [0.05, 0.1) is 13.0 Å². The van der Waals surface area contributed by atoms with Crippen molar-refractivity contribution < 1.29 is 14.1 Å². The third-order valence-corrected chi connectivity index (χ3v) is 3.52. The normalized spacial score (nSPS) is 10.5. The van der Waals surface area contributed by atoms with Gasteiger partial charge in [0.1, 0.15) is 5.75 Å². The van der Waals surface area contributed by atoms with E-state index in [0.717, 1.165) is 16.9 Å². The summed E-state index contributed by atoms with van der Waals surface area (Å²) >= 11 is 0. The van der Waals surface area contributed by atoms with Crippen molar-refractivity contribution in [3.63, 3.8) is 0 Å². The van der Waals surface area contributed by atoms with E-state index < -0.39 is 0 Å². The Hall–Kier alpha value is -3.15. The summed E-state index contributed by atoms with van der Waals surface area (Å²) in [5.74, 6) is 1.71. The molecule has 2 aromatic carbocycles. The highest BCUT2D eigenvalue weighted by molar-refractivity contribution is 5.92. The molecule has 0 fully saturated rings. The lowest BCUT2D eigenvalue weighted by Crippen LogP contribution is -2.14. The van der Waals surface area contributed by atoms with Crippen molar-refractivity contribution >= 4 is 11.6 Å². The summed E-state index contributed by atoms with van der Waals surface area (Å²) in [5, 5.41) is 6.66. The monoisotopic (exact) mass is 337 g/mol. The average Bonchev–Trinajstić information content (AvgIpc) is 3.04. The van der Waals surface area contributed by atoms with E-state index in [-0.39, 0.29) is 12.3 Å². The summed E-state index contributed by atoms with van der Waals surface area (Å²) in [6, 6.07) is 14.8. The number of rotatable bonds is 6. The first kappa shape index (κ1) is 16.7. The first-order valence-electron chi connectivity index (χ1n) is 8.06. The van der Waals surface area contributed by atoms with E-state index in [1.807, 2.05) is 55.5 Å². The van der Waals surface area contributed by atoms with Gasteiger partial charge in [-0.3, -0.25) is 4.79 Å². The molecule has 0 aliphatic heterocycles. The molecule has 0 radical (unpaired) electrons. The molecule has 128 valence electrons. The number of carbonyl (C=O) groups excluding carboxylic acids is 1. The van der Waals surface area contributed by atoms with Crippen LogP contribution in [-0.2, 0) is 11.2 Å². The minimum absolute atomic E-state index is 0.0944. The lowest BCUT2D eigenvalue weighted by atomic mass is 10.1. The van der Waals surface area contributed by atoms with Crippen LogP contribution >= 0.6 is 0 Å². The molecule has 0 aliphatic rings. The minimum Gasteiger partial charge on any atom is -0.494 e. The van der Waals surface area contributed by atoms with E-state index in [9.17, 15) is 4.79 Å². The average molecular weight is 337 g/mol. The van der Waals surface area contributed by atoms with Gasteiger partial charge in [0.25, 0.3) is 5.89 Å². The summed E-state index contributed by atoms with van der Waals surface area (Å²) in [6.45, 7) is 4.32. The number of nitrogens with zero attached hydrogens (tertiary/aromatic N) is 2. The van der Waals surface area contributed by atoms with Gasteiger partial charge < -0.3 is 14.6 Å². The maximum absolute atomic E-state index is 12.3. The van der Waals surface area contributed by atoms with Crippen LogP contribution in [0.4, 0.5) is 5.69 Å². The number of amides is 1. The van der Waals surface area contributed by atoms with Crippen LogP contribution in [0.3, 0.4) is 0 Å². The number of benzene rings is 2. The molecule has 1 N–H and O–H groups in total. The highest BCUT2D eigenvalue weighted by atomic mass is 16.5. The van der Waals surface area contributed by atoms with Crippen molar-refractivity contribution in [2.75, 3.05) is 11.9 Å². The molecular formula is C19H19N3O3. The highest BCUT2D eigenvalue weighted by Crippen LogP contribution is 2.21. The van der Waals surface area contributed by atoms with Crippen LogP contribution in [0, 0.1) is 6.92 Å². The van der Waals surface area contributed by atoms with E-state index in [4.69, 9.17) is 9.26 Å². The molecule has 3 rings (SSSR count). The zero-order valence-electron chi connectivity index (χ0n) is 14.2. The van der Waals surface area contributed by atoms with Crippen LogP contribution < -0.4 is 10.1 Å². The van der Waals surface area contributed by atoms with Gasteiger partial charge in [0.2, 0.25) is 5.91 Å². The molecule has 0 saturated carbocycles. The number of ether oxygens (including phenoxy) is 1. The van der Waals surface area contributed by atoms with Gasteiger partial charge in [-0.2, -0.15) is 4.98 Å². The van der Waals surface area contributed by atoms with Crippen molar-refractivity contribution in [2.24, 2.45) is 0 Å². The standard InChI is InChI=1S/C19H19N3O3/c1-3-24-17-9-7-14(8-10-17)11-18(23)21-16-6-4-5-15(12-16)19-20-13(2)22-25-19/h4-10,12H,3,11H2,1-2H3,(H,21,23). The smallest absolute Gasteiger partial charge is 0.257 e. The molecule has 0 atom stereocenters. The van der Waals surface area contributed by atoms with Gasteiger partial charge >= 0.3 is 0 Å². The Morgan fingerprint density at radius 1 is 1.20 bits per heavy atom. The topological polar surface area (TPSA) is 77.2 Å². The Bertz CT molecular complexity index is 856. The molecule has 0 unspecified atom stereocenters. The van der Waals surface area contributed by atoms with Crippen molar-refractivity contribution in [3.05, 3.63) is 59.9 Å². The van der Waals surface area contributed by atoms with Crippen molar-refractivity contribution in [1.82, 2.24) is 10.1 Å². The van der Waals surface area contributed by atoms with E-state index in [2.05, 4.69) is 15.5 Å². The fourth-order valence-corrected chi connectivity index (χ4v) is 2.41. The molecule has 1 heterocycles. The SMILES string of the molecule is CCOc1ccc(CC(=O)Nc2cccc(-c3nc(C)no3)c2)cc1. The Labute approximate surface area is 145 Å². The Morgan fingerprint density at radius 3 is 2.68 bits per heavy atom. The fourth-order valence-electron chi connectivity index (χ4n) is 2.41. The molecule has 0 bridgehead atoms. The molecule has 1 aromatic heterocycles. The Morgan fingerprint density at radius 2 is 2.00 bits per heavy atom. The summed E-state index contributed by atoms with van der Waals surface area (Å²) in [6.07, 6.45) is 0.288. The summed E-state index contributed by atoms with van der Waals surface area (Å²) in [4.78, 5) is 16.4. The summed E-state index contributed by atoms with van der Waals surface area (Å²) in [7, 11) is 0. The maximum atomic E-state index is 12.3. The molecule has 6 heteroatoms. The predicted molar refractivity (Wildman–Crippen MR) is 94.4 cm³/mol. The minimum atomic E-state index is -0.0944. The number of carbonyl (C=O) groups is 1. The second-order valence-electron chi connectivity index (χ2n) is 5.53. The molecule has 0 spiro atoms. The maximum Gasteiger partial charge on any atom is 0.257 e. The third-order valence-electron chi connectivity index (χ3n) is 3.52. The van der Waals surface area contributed by atoms with E-state index in [1.165, 1.54) is 0 Å². The molecular weight excluding hydrogens is 318 g/mol. The highest BCUT2D eigenvalue weighted by Gasteiger charge is 2.09. The van der Waals surface area contributed by atoms with E-state index >= 15 is 0 Å². The van der Waals surface area contributed by atoms with Crippen LogP contribution in [0.15, 0.2) is 53.1 Å². The Kier molecular flexibility index (Phi) is 5.09. The largest absolute Gasteiger partial charge is 0.494 e. The van der Waals surface area contributed by atoms with Crippen molar-refractivity contribution in [3.8, 4) is 17.2 Å². The lowest BCUT2D eigenvalue weighted by Gasteiger charge is -2.07. The molecule has 25 heavy (non-hydrogen) atoms. The number of anilines is 1. The first-order valence-corrected chi connectivity index (χ1v) is 8.06. The number of nitrogens with one attached hydrogen (secondary N) is 1. The van der Waals surface area contributed by atoms with Crippen LogP contribution in [0.5, 0.6) is 5.75 Å². The number of aryl methyl sites for hydroxylation is 1. The third kappa shape index (κ3) is 4.44. The number of hydrogen-bond acceptors (Lipinski definition) is 5. The molecule has 1 amide bonds. The summed E-state index contributed by atoms with van der Waals surface area (Å²) in [5.41, 5.74) is 2.37. The van der Waals surface area contributed by atoms with Crippen LogP contribution in [-0.4, -0.2) is 22.7 Å². The van der Waals surface area contributed by atoms with E-state index in [0.29, 0.717) is 24.0 Å². The molecule has 0 aliphatic carbocycles. The Balaban J connectivity index is 1.64. The first-order chi connectivity index (χ1) is 12.1. The zero-order valence-corrected chi connectivity index (χ0v) is 14.2. The van der Waals surface area contributed by atoms with Gasteiger partial charge in [-0.05, 0) is 49.7 Å². The molecule has 6 nitrogen and oxygen atoms in total. The van der Waals surface area contributed by atoms with Gasteiger partial charge in [-0.15, -0.1) is 0 Å². The van der Waals surface area contributed by atoms with E-state index in [1.54, 1.807) is 6.92 Å². The second kappa shape index (κ2) is 7.61. The quantitative estimate of drug-likeness (QED) is 0.743. The second-order valence-corrected chi connectivity index (χ2v) is 5.53. The predicted octanol–water partition coefficient (Wildman–Crippen LogP) is 3.62. The van der Waals surface area contributed by atoms with Crippen molar-refractivity contribution in [1.29, 1.82) is 0 Å². The summed E-state index contributed by atoms with van der Waals surface area (Å²) < 4.78 is 10.5. The van der Waals surface area contributed by atoms with Gasteiger partial charge in [0.15, 0.2) is 5.82 Å². The van der Waals surface area contributed by atoms with Gasteiger partial charge in [-0.1, -0.05) is 23.4 Å². The van der Waals surface area contributed by atoms with Crippen LogP contribution in [0.2, 0.25) is 0 Å². The fraction of sp³-hybridized carbons (Fsp3) is 0.211. The lowest BCUT2D eigenvalue weighted by molar-refractivity contribution is -0.115. The zero-order chi connectivity index (χ0) is 17.6. The van der Waals surface area contributed by atoms with Gasteiger partial charge in [-0.25, -0.2) is 0 Å². The van der Waals surface area contributed by atoms with Crippen molar-refractivity contribution in [2.45, 2.75) is 20.3 Å². The molecule has 0 saturated heterocycles. The number of aromatic nitrogens is 2.